The highest BCUT2D eigenvalue weighted by atomic mass is 16.3. The molecule has 0 unspecified atom stereocenters. The Morgan fingerprint density at radius 3 is 2.48 bits per heavy atom. The number of aryl methyl sites for hydroxylation is 3. The fourth-order valence-electron chi connectivity index (χ4n) is 4.02. The van der Waals surface area contributed by atoms with E-state index in [1.165, 1.54) is 11.1 Å². The van der Waals surface area contributed by atoms with Crippen LogP contribution in [0.15, 0.2) is 40.8 Å². The number of carbonyl (C=O) groups excluding carboxylic acids is 1. The Labute approximate surface area is 172 Å². The quantitative estimate of drug-likeness (QED) is 0.705. The largest absolute Gasteiger partial charge is 0.451 e. The summed E-state index contributed by atoms with van der Waals surface area (Å²) in [7, 11) is 2.14. The molecule has 1 N–H and O–H groups in total. The maximum Gasteiger partial charge on any atom is 0.291 e. The van der Waals surface area contributed by atoms with Gasteiger partial charge in [0.15, 0.2) is 5.76 Å². The highest BCUT2D eigenvalue weighted by Gasteiger charge is 2.22. The molecule has 1 amide bonds. The number of furan rings is 1. The molecule has 1 fully saturated rings. The molecule has 29 heavy (non-hydrogen) atoms. The van der Waals surface area contributed by atoms with Gasteiger partial charge < -0.3 is 19.5 Å². The van der Waals surface area contributed by atoms with Gasteiger partial charge in [-0.1, -0.05) is 19.1 Å². The van der Waals surface area contributed by atoms with Gasteiger partial charge in [0.25, 0.3) is 5.91 Å². The van der Waals surface area contributed by atoms with Crippen molar-refractivity contribution in [3.63, 3.8) is 0 Å². The number of piperazine rings is 1. The van der Waals surface area contributed by atoms with Gasteiger partial charge in [-0.25, -0.2) is 0 Å². The summed E-state index contributed by atoms with van der Waals surface area (Å²) in [5.41, 5.74) is 6.02. The predicted molar refractivity (Wildman–Crippen MR) is 119 cm³/mol. The van der Waals surface area contributed by atoms with Gasteiger partial charge in [0.2, 0.25) is 0 Å². The number of hydrogen-bond donors (Lipinski definition) is 1. The summed E-state index contributed by atoms with van der Waals surface area (Å²) in [5, 5.41) is 4.15. The Balaban J connectivity index is 1.65. The maximum absolute atomic E-state index is 13.2. The smallest absolute Gasteiger partial charge is 0.291 e. The SMILES string of the molecule is CCc1c(C(=O)Nc2ccccc2N2CCN(C)CC2)oc2cc(C)c(C)cc12. The summed E-state index contributed by atoms with van der Waals surface area (Å²) in [6.45, 7) is 10.2. The van der Waals surface area contributed by atoms with Crippen LogP contribution < -0.4 is 10.2 Å². The number of hydrogen-bond acceptors (Lipinski definition) is 4. The number of fused-ring (bicyclic) bond motifs is 1. The molecule has 152 valence electrons. The molecule has 2 heterocycles. The zero-order chi connectivity index (χ0) is 20.5. The van der Waals surface area contributed by atoms with E-state index in [2.05, 4.69) is 55.1 Å². The van der Waals surface area contributed by atoms with Gasteiger partial charge in [0.05, 0.1) is 11.4 Å². The first-order chi connectivity index (χ1) is 14.0. The fraction of sp³-hybridized carbons (Fsp3) is 0.375. The molecule has 0 spiro atoms. The lowest BCUT2D eigenvalue weighted by atomic mass is 10.0. The molecule has 0 aliphatic carbocycles. The maximum atomic E-state index is 13.2. The zero-order valence-electron chi connectivity index (χ0n) is 17.7. The van der Waals surface area contributed by atoms with E-state index in [4.69, 9.17) is 4.42 Å². The fourth-order valence-corrected chi connectivity index (χ4v) is 4.02. The molecule has 1 aromatic heterocycles. The predicted octanol–water partition coefficient (Wildman–Crippen LogP) is 4.62. The third-order valence-corrected chi connectivity index (χ3v) is 5.96. The number of nitrogens with one attached hydrogen (secondary N) is 1. The average molecular weight is 392 g/mol. The Bertz CT molecular complexity index is 1050. The molecule has 5 nitrogen and oxygen atoms in total. The Kier molecular flexibility index (Phi) is 5.33. The van der Waals surface area contributed by atoms with E-state index in [1.54, 1.807) is 0 Å². The van der Waals surface area contributed by atoms with Crippen molar-refractivity contribution in [1.29, 1.82) is 0 Å². The zero-order valence-corrected chi connectivity index (χ0v) is 17.7. The number of anilines is 2. The summed E-state index contributed by atoms with van der Waals surface area (Å²) in [4.78, 5) is 17.8. The van der Waals surface area contributed by atoms with Crippen molar-refractivity contribution in [2.45, 2.75) is 27.2 Å². The molecule has 0 atom stereocenters. The lowest BCUT2D eigenvalue weighted by Crippen LogP contribution is -2.44. The molecule has 0 saturated carbocycles. The number of likely N-dealkylation sites (N-methyl/N-ethyl adjacent to an activating group) is 1. The number of rotatable bonds is 4. The Morgan fingerprint density at radius 1 is 1.07 bits per heavy atom. The highest BCUT2D eigenvalue weighted by molar-refractivity contribution is 6.08. The van der Waals surface area contributed by atoms with Crippen LogP contribution in [0.2, 0.25) is 0 Å². The second-order valence-electron chi connectivity index (χ2n) is 7.96. The molecule has 2 aromatic carbocycles. The highest BCUT2D eigenvalue weighted by Crippen LogP contribution is 2.31. The molecular weight excluding hydrogens is 362 g/mol. The normalized spacial score (nSPS) is 15.1. The standard InChI is InChI=1S/C24H29N3O2/c1-5-18-19-14-16(2)17(3)15-22(19)29-23(18)24(28)25-20-8-6-7-9-21(20)27-12-10-26(4)11-13-27/h6-9,14-15H,5,10-13H2,1-4H3,(H,25,28). The second kappa shape index (κ2) is 7.91. The van der Waals surface area contributed by atoms with Gasteiger partial charge in [0.1, 0.15) is 5.58 Å². The van der Waals surface area contributed by atoms with Gasteiger partial charge in [0, 0.05) is 37.1 Å². The molecule has 3 aromatic rings. The van der Waals surface area contributed by atoms with Crippen molar-refractivity contribution < 1.29 is 9.21 Å². The van der Waals surface area contributed by atoms with Crippen molar-refractivity contribution in [1.82, 2.24) is 4.90 Å². The first kappa shape index (κ1) is 19.5. The van der Waals surface area contributed by atoms with Gasteiger partial charge in [-0.3, -0.25) is 4.79 Å². The van der Waals surface area contributed by atoms with Crippen LogP contribution in [0.5, 0.6) is 0 Å². The van der Waals surface area contributed by atoms with Crippen LogP contribution in [0, 0.1) is 13.8 Å². The van der Waals surface area contributed by atoms with Gasteiger partial charge in [-0.15, -0.1) is 0 Å². The van der Waals surface area contributed by atoms with Crippen LogP contribution in [-0.4, -0.2) is 44.0 Å². The number of amides is 1. The lowest BCUT2D eigenvalue weighted by molar-refractivity contribution is 0.0997. The summed E-state index contributed by atoms with van der Waals surface area (Å²) >= 11 is 0. The third-order valence-electron chi connectivity index (χ3n) is 5.96. The second-order valence-corrected chi connectivity index (χ2v) is 7.96. The number of para-hydroxylation sites is 2. The Hall–Kier alpha value is -2.79. The molecular formula is C24H29N3O2. The summed E-state index contributed by atoms with van der Waals surface area (Å²) in [5.74, 6) is 0.232. The molecule has 1 saturated heterocycles. The molecule has 1 aliphatic heterocycles. The number of nitrogens with zero attached hydrogens (tertiary/aromatic N) is 2. The van der Waals surface area contributed by atoms with E-state index in [-0.39, 0.29) is 5.91 Å². The molecule has 1 aliphatic rings. The molecule has 0 radical (unpaired) electrons. The average Bonchev–Trinajstić information content (AvgIpc) is 3.07. The molecule has 5 heteroatoms. The number of carbonyl (C=O) groups is 1. The first-order valence-electron chi connectivity index (χ1n) is 10.3. The monoisotopic (exact) mass is 391 g/mol. The van der Waals surface area contributed by atoms with E-state index in [0.29, 0.717) is 5.76 Å². The molecule has 0 bridgehead atoms. The summed E-state index contributed by atoms with van der Waals surface area (Å²) in [6, 6.07) is 12.2. The van der Waals surface area contributed by atoms with Crippen molar-refractivity contribution >= 4 is 28.3 Å². The van der Waals surface area contributed by atoms with E-state index in [0.717, 1.165) is 60.5 Å². The van der Waals surface area contributed by atoms with Crippen molar-refractivity contribution in [3.8, 4) is 0 Å². The van der Waals surface area contributed by atoms with Crippen LogP contribution in [0.3, 0.4) is 0 Å². The topological polar surface area (TPSA) is 48.7 Å². The van der Waals surface area contributed by atoms with Gasteiger partial charge in [-0.05, 0) is 62.7 Å². The van der Waals surface area contributed by atoms with E-state index >= 15 is 0 Å². The summed E-state index contributed by atoms with van der Waals surface area (Å²) in [6.07, 6.45) is 0.748. The minimum Gasteiger partial charge on any atom is -0.451 e. The van der Waals surface area contributed by atoms with Crippen LogP contribution in [0.25, 0.3) is 11.0 Å². The van der Waals surface area contributed by atoms with Gasteiger partial charge in [-0.2, -0.15) is 0 Å². The van der Waals surface area contributed by atoms with Crippen molar-refractivity contribution in [3.05, 3.63) is 58.8 Å². The Morgan fingerprint density at radius 2 is 1.76 bits per heavy atom. The summed E-state index contributed by atoms with van der Waals surface area (Å²) < 4.78 is 6.03. The van der Waals surface area contributed by atoms with E-state index < -0.39 is 0 Å². The minimum absolute atomic E-state index is 0.185. The first-order valence-corrected chi connectivity index (χ1v) is 10.3. The van der Waals surface area contributed by atoms with Crippen LogP contribution in [-0.2, 0) is 6.42 Å². The molecule has 4 rings (SSSR count). The van der Waals surface area contributed by atoms with Crippen molar-refractivity contribution in [2.24, 2.45) is 0 Å². The number of benzene rings is 2. The van der Waals surface area contributed by atoms with Crippen molar-refractivity contribution in [2.75, 3.05) is 43.4 Å². The van der Waals surface area contributed by atoms with Crippen LogP contribution in [0.4, 0.5) is 11.4 Å². The van der Waals surface area contributed by atoms with Crippen LogP contribution >= 0.6 is 0 Å². The van der Waals surface area contributed by atoms with Crippen LogP contribution in [0.1, 0.15) is 34.2 Å². The minimum atomic E-state index is -0.185. The van der Waals surface area contributed by atoms with E-state index in [9.17, 15) is 4.79 Å². The third kappa shape index (κ3) is 3.75. The lowest BCUT2D eigenvalue weighted by Gasteiger charge is -2.35. The van der Waals surface area contributed by atoms with E-state index in [1.807, 2.05) is 24.3 Å². The van der Waals surface area contributed by atoms with Gasteiger partial charge >= 0.3 is 0 Å².